The van der Waals surface area contributed by atoms with Crippen LogP contribution in [0.5, 0.6) is 0 Å². The first kappa shape index (κ1) is 23.5. The molecule has 6 nitrogen and oxygen atoms in total. The number of aliphatic hydroxyl groups excluding tert-OH is 1. The minimum absolute atomic E-state index is 0.0330. The van der Waals surface area contributed by atoms with Gasteiger partial charge in [0.25, 0.3) is 5.91 Å². The van der Waals surface area contributed by atoms with Crippen molar-refractivity contribution < 1.29 is 14.3 Å². The number of halogens is 1. The average Bonchev–Trinajstić information content (AvgIpc) is 3.26. The summed E-state index contributed by atoms with van der Waals surface area (Å²) in [4.78, 5) is 21.8. The molecular formula is C27H27FN4O2. The number of hydrogen-bond donors (Lipinski definition) is 3. The molecule has 1 unspecified atom stereocenters. The van der Waals surface area contributed by atoms with Gasteiger partial charge in [-0.15, -0.1) is 0 Å². The topological polar surface area (TPSA) is 86.6 Å². The highest BCUT2D eigenvalue weighted by molar-refractivity contribution is 6.09. The number of rotatable bonds is 8. The lowest BCUT2D eigenvalue weighted by Crippen LogP contribution is -2.25. The normalized spacial score (nSPS) is 14.9. The zero-order valence-electron chi connectivity index (χ0n) is 19.0. The number of aliphatic imine (C=N–C) groups is 1. The smallest absolute Gasteiger partial charge is 0.270 e. The molecule has 34 heavy (non-hydrogen) atoms. The predicted octanol–water partition coefficient (Wildman–Crippen LogP) is 4.06. The number of nitrogens with zero attached hydrogens (tertiary/aromatic N) is 2. The maximum atomic E-state index is 14.0. The Hall–Kier alpha value is -3.68. The van der Waals surface area contributed by atoms with Crippen LogP contribution in [0.25, 0.3) is 16.8 Å². The summed E-state index contributed by atoms with van der Waals surface area (Å²) in [6, 6.07) is 15.8. The molecule has 2 heterocycles. The molecule has 1 aliphatic heterocycles. The highest BCUT2D eigenvalue weighted by atomic mass is 19.1. The Balaban J connectivity index is 1.72. The Labute approximate surface area is 198 Å². The van der Waals surface area contributed by atoms with Crippen LogP contribution < -0.4 is 10.6 Å². The van der Waals surface area contributed by atoms with Gasteiger partial charge in [-0.3, -0.25) is 9.79 Å². The third-order valence-corrected chi connectivity index (χ3v) is 5.87. The maximum absolute atomic E-state index is 14.0. The molecule has 174 valence electrons. The zero-order chi connectivity index (χ0) is 24.1. The number of carbonyl (C=O) groups is 1. The van der Waals surface area contributed by atoms with Crippen molar-refractivity contribution >= 4 is 17.7 Å². The van der Waals surface area contributed by atoms with Crippen molar-refractivity contribution in [2.45, 2.75) is 25.6 Å². The summed E-state index contributed by atoms with van der Waals surface area (Å²) in [6.07, 6.45) is 2.23. The van der Waals surface area contributed by atoms with Crippen molar-refractivity contribution in [3.8, 4) is 11.3 Å². The van der Waals surface area contributed by atoms with E-state index in [1.807, 2.05) is 24.3 Å². The van der Waals surface area contributed by atoms with Gasteiger partial charge in [0, 0.05) is 50.1 Å². The van der Waals surface area contributed by atoms with E-state index >= 15 is 0 Å². The molecule has 0 saturated carbocycles. The van der Waals surface area contributed by atoms with Gasteiger partial charge in [-0.2, -0.15) is 0 Å². The summed E-state index contributed by atoms with van der Waals surface area (Å²) in [5.74, 6) is -0.745. The molecule has 7 heteroatoms. The summed E-state index contributed by atoms with van der Waals surface area (Å²) < 4.78 is 14.0. The van der Waals surface area contributed by atoms with Crippen LogP contribution in [0.15, 0.2) is 66.2 Å². The van der Waals surface area contributed by atoms with Gasteiger partial charge in [-0.1, -0.05) is 43.0 Å². The molecule has 2 aromatic carbocycles. The van der Waals surface area contributed by atoms with E-state index in [0.717, 1.165) is 27.8 Å². The first-order chi connectivity index (χ1) is 16.5. The molecule has 0 fully saturated rings. The SMILES string of the molecule is C=C(/C=N\C)c1cccc(-c2nc(C(=O)NCc3ccccc3F)cc3c2C(CCO)NC3)c1. The monoisotopic (exact) mass is 458 g/mol. The molecule has 1 aliphatic rings. The average molecular weight is 459 g/mol. The summed E-state index contributed by atoms with van der Waals surface area (Å²) in [5, 5.41) is 15.7. The van der Waals surface area contributed by atoms with Crippen LogP contribution in [-0.4, -0.2) is 35.9 Å². The number of hydrogen-bond acceptors (Lipinski definition) is 5. The van der Waals surface area contributed by atoms with Gasteiger partial charge in [0.05, 0.1) is 5.69 Å². The minimum atomic E-state index is -0.378. The van der Waals surface area contributed by atoms with E-state index < -0.39 is 0 Å². The summed E-state index contributed by atoms with van der Waals surface area (Å²) in [6.45, 7) is 4.73. The Kier molecular flexibility index (Phi) is 7.25. The first-order valence-electron chi connectivity index (χ1n) is 11.1. The Bertz CT molecular complexity index is 1260. The number of aromatic nitrogens is 1. The van der Waals surface area contributed by atoms with Crippen LogP contribution in [0.2, 0.25) is 0 Å². The molecule has 3 N–H and O–H groups in total. The summed E-state index contributed by atoms with van der Waals surface area (Å²) >= 11 is 0. The fourth-order valence-electron chi connectivity index (χ4n) is 4.19. The second-order valence-corrected chi connectivity index (χ2v) is 8.14. The van der Waals surface area contributed by atoms with Crippen molar-refractivity contribution in [1.82, 2.24) is 15.6 Å². The van der Waals surface area contributed by atoms with Gasteiger partial charge in [-0.05, 0) is 46.9 Å². The van der Waals surface area contributed by atoms with Gasteiger partial charge >= 0.3 is 0 Å². The maximum Gasteiger partial charge on any atom is 0.270 e. The molecular weight excluding hydrogens is 431 g/mol. The number of pyridine rings is 1. The van der Waals surface area contributed by atoms with E-state index in [4.69, 9.17) is 4.98 Å². The van der Waals surface area contributed by atoms with Crippen LogP contribution in [0.1, 0.15) is 45.2 Å². The molecule has 0 bridgehead atoms. The predicted molar refractivity (Wildman–Crippen MR) is 132 cm³/mol. The third-order valence-electron chi connectivity index (χ3n) is 5.87. The highest BCUT2D eigenvalue weighted by Crippen LogP contribution is 2.36. The van der Waals surface area contributed by atoms with Gasteiger partial charge in [0.1, 0.15) is 11.5 Å². The Morgan fingerprint density at radius 3 is 2.88 bits per heavy atom. The number of allylic oxidation sites excluding steroid dienone is 1. The molecule has 1 aromatic heterocycles. The van der Waals surface area contributed by atoms with Crippen LogP contribution in [-0.2, 0) is 13.1 Å². The van der Waals surface area contributed by atoms with E-state index in [1.54, 1.807) is 37.5 Å². The quantitative estimate of drug-likeness (QED) is 0.445. The number of carbonyl (C=O) groups excluding carboxylic acids is 1. The fourth-order valence-corrected chi connectivity index (χ4v) is 4.19. The van der Waals surface area contributed by atoms with E-state index in [1.165, 1.54) is 6.07 Å². The van der Waals surface area contributed by atoms with Crippen LogP contribution in [0.3, 0.4) is 0 Å². The van der Waals surface area contributed by atoms with Gasteiger partial charge in [-0.25, -0.2) is 9.37 Å². The van der Waals surface area contributed by atoms with Crippen molar-refractivity contribution in [1.29, 1.82) is 0 Å². The largest absolute Gasteiger partial charge is 0.396 e. The standard InChI is InChI=1S/C27H27FN4O2/c1-17(14-29-2)18-7-5-8-19(12-18)26-25-21(16-30-23(25)10-11-33)13-24(32-26)27(34)31-15-20-6-3-4-9-22(20)28/h3-9,12-14,23,30,33H,1,10-11,15-16H2,2H3,(H,31,34)/b29-14-. The zero-order valence-corrected chi connectivity index (χ0v) is 19.0. The summed E-state index contributed by atoms with van der Waals surface area (Å²) in [7, 11) is 1.69. The lowest BCUT2D eigenvalue weighted by molar-refractivity contribution is 0.0945. The highest BCUT2D eigenvalue weighted by Gasteiger charge is 2.28. The molecule has 1 amide bonds. The number of aliphatic hydroxyl groups is 1. The Morgan fingerprint density at radius 2 is 2.12 bits per heavy atom. The molecule has 4 rings (SSSR count). The second kappa shape index (κ2) is 10.5. The molecule has 0 radical (unpaired) electrons. The summed E-state index contributed by atoms with van der Waals surface area (Å²) in [5.41, 5.74) is 5.80. The number of amides is 1. The minimum Gasteiger partial charge on any atom is -0.396 e. The van der Waals surface area contributed by atoms with E-state index in [0.29, 0.717) is 24.2 Å². The van der Waals surface area contributed by atoms with Crippen LogP contribution in [0, 0.1) is 5.82 Å². The first-order valence-corrected chi connectivity index (χ1v) is 11.1. The van der Waals surface area contributed by atoms with Gasteiger partial charge in [0.15, 0.2) is 0 Å². The molecule has 0 spiro atoms. The molecule has 3 aromatic rings. The lowest BCUT2D eigenvalue weighted by Gasteiger charge is -2.17. The van der Waals surface area contributed by atoms with Crippen LogP contribution >= 0.6 is 0 Å². The van der Waals surface area contributed by atoms with Crippen molar-refractivity contribution in [3.63, 3.8) is 0 Å². The third kappa shape index (κ3) is 4.95. The van der Waals surface area contributed by atoms with Crippen molar-refractivity contribution in [2.75, 3.05) is 13.7 Å². The molecule has 1 atom stereocenters. The van der Waals surface area contributed by atoms with E-state index in [-0.39, 0.29) is 36.6 Å². The van der Waals surface area contributed by atoms with Gasteiger partial charge in [0.2, 0.25) is 0 Å². The number of nitrogens with one attached hydrogen (secondary N) is 2. The van der Waals surface area contributed by atoms with Crippen molar-refractivity contribution in [2.24, 2.45) is 4.99 Å². The fraction of sp³-hybridized carbons (Fsp3) is 0.222. The van der Waals surface area contributed by atoms with Gasteiger partial charge < -0.3 is 15.7 Å². The number of fused-ring (bicyclic) bond motifs is 1. The second-order valence-electron chi connectivity index (χ2n) is 8.14. The van der Waals surface area contributed by atoms with Crippen LogP contribution in [0.4, 0.5) is 4.39 Å². The number of benzene rings is 2. The molecule has 0 aliphatic carbocycles. The molecule has 0 saturated heterocycles. The van der Waals surface area contributed by atoms with Crippen molar-refractivity contribution in [3.05, 3.63) is 94.9 Å². The van der Waals surface area contributed by atoms with E-state index in [9.17, 15) is 14.3 Å². The Morgan fingerprint density at radius 1 is 1.29 bits per heavy atom. The van der Waals surface area contributed by atoms with E-state index in [2.05, 4.69) is 22.2 Å². The lowest BCUT2D eigenvalue weighted by atomic mass is 9.94.